The number of carbonyl (C=O) groups excluding carboxylic acids is 3. The molecule has 1 atom stereocenters. The molecule has 0 radical (unpaired) electrons. The number of hydrogen-bond acceptors (Lipinski definition) is 5. The summed E-state index contributed by atoms with van der Waals surface area (Å²) in [5, 5.41) is 6.36. The first-order chi connectivity index (χ1) is 14.8. The Labute approximate surface area is 177 Å². The maximum Gasteiger partial charge on any atom is 0.413 e. The molecule has 3 heterocycles. The third-order valence-corrected chi connectivity index (χ3v) is 5.18. The quantitative estimate of drug-likeness (QED) is 0.648. The van der Waals surface area contributed by atoms with Gasteiger partial charge in [-0.3, -0.25) is 14.4 Å². The largest absolute Gasteiger partial charge is 0.413 e. The number of aromatic nitrogens is 1. The molecule has 3 amide bonds. The van der Waals surface area contributed by atoms with E-state index < -0.39 is 18.0 Å². The molecule has 2 aliphatic heterocycles. The molecular weight excluding hydrogens is 407 g/mol. The number of ether oxygens (including phenoxy) is 1. The highest BCUT2D eigenvalue weighted by molar-refractivity contribution is 6.34. The molecule has 0 bridgehead atoms. The molecule has 162 valence electrons. The number of likely N-dealkylation sites (N-methyl/N-ethyl adjacent to an activating group) is 1. The number of nitrogens with one attached hydrogen (secondary N) is 3. The van der Waals surface area contributed by atoms with Crippen LogP contribution in [0.3, 0.4) is 0 Å². The Balaban J connectivity index is 1.54. The SMILES string of the molecule is CCN1OC[C@@H](NC(=O)Oc2c(C)[nH]c(/C=C3\C(=O)Nc4ccc(F)cc43)c2C)C1=O. The minimum Gasteiger partial charge on any atom is -0.408 e. The monoisotopic (exact) mass is 428 g/mol. The lowest BCUT2D eigenvalue weighted by atomic mass is 10.0. The van der Waals surface area contributed by atoms with Crippen molar-refractivity contribution in [3.05, 3.63) is 46.5 Å². The fourth-order valence-corrected chi connectivity index (χ4v) is 3.59. The number of H-pyrrole nitrogens is 1. The molecule has 0 spiro atoms. The first-order valence-corrected chi connectivity index (χ1v) is 9.73. The van der Waals surface area contributed by atoms with E-state index in [-0.39, 0.29) is 24.2 Å². The lowest BCUT2D eigenvalue weighted by Crippen LogP contribution is -2.43. The van der Waals surface area contributed by atoms with Crippen LogP contribution in [-0.2, 0) is 14.4 Å². The highest BCUT2D eigenvalue weighted by atomic mass is 19.1. The van der Waals surface area contributed by atoms with E-state index in [2.05, 4.69) is 15.6 Å². The average Bonchev–Trinajstić information content (AvgIpc) is 3.32. The van der Waals surface area contributed by atoms with Crippen molar-refractivity contribution < 1.29 is 28.3 Å². The van der Waals surface area contributed by atoms with Gasteiger partial charge in [0.1, 0.15) is 18.5 Å². The Morgan fingerprint density at radius 2 is 2.16 bits per heavy atom. The second-order valence-electron chi connectivity index (χ2n) is 7.24. The Morgan fingerprint density at radius 3 is 2.87 bits per heavy atom. The Morgan fingerprint density at radius 1 is 1.39 bits per heavy atom. The van der Waals surface area contributed by atoms with E-state index in [0.717, 1.165) is 0 Å². The van der Waals surface area contributed by atoms with Crippen molar-refractivity contribution >= 4 is 35.2 Å². The standard InChI is InChI=1S/C21H21FN4O5/c1-4-26-20(28)17(9-30-26)25-21(29)31-18-10(2)16(23-11(18)3)8-14-13-7-12(22)5-6-15(13)24-19(14)27/h5-8,17,23H,4,9H2,1-3H3,(H,24,27)(H,25,29)/b14-8-/t17-/m1/s1. The van der Waals surface area contributed by atoms with Crippen LogP contribution in [0.15, 0.2) is 18.2 Å². The third kappa shape index (κ3) is 3.77. The highest BCUT2D eigenvalue weighted by Crippen LogP contribution is 2.35. The van der Waals surface area contributed by atoms with E-state index in [4.69, 9.17) is 9.57 Å². The van der Waals surface area contributed by atoms with Crippen molar-refractivity contribution in [3.8, 4) is 5.75 Å². The second kappa shape index (κ2) is 7.88. The molecular formula is C21H21FN4O5. The number of nitrogens with zero attached hydrogens (tertiary/aromatic N) is 1. The molecule has 0 unspecified atom stereocenters. The molecule has 1 saturated heterocycles. The minimum atomic E-state index is -0.817. The van der Waals surface area contributed by atoms with Crippen LogP contribution >= 0.6 is 0 Å². The first kappa shape index (κ1) is 20.6. The van der Waals surface area contributed by atoms with Crippen molar-refractivity contribution in [2.24, 2.45) is 0 Å². The fraction of sp³-hybridized carbons (Fsp3) is 0.286. The van der Waals surface area contributed by atoms with Gasteiger partial charge >= 0.3 is 6.09 Å². The number of anilines is 1. The maximum absolute atomic E-state index is 13.7. The van der Waals surface area contributed by atoms with Gasteiger partial charge in [-0.1, -0.05) is 0 Å². The van der Waals surface area contributed by atoms with Crippen LogP contribution in [0.4, 0.5) is 14.9 Å². The highest BCUT2D eigenvalue weighted by Gasteiger charge is 2.34. The van der Waals surface area contributed by atoms with Crippen LogP contribution in [0.5, 0.6) is 5.75 Å². The van der Waals surface area contributed by atoms with Gasteiger partial charge in [-0.05, 0) is 45.0 Å². The lowest BCUT2D eigenvalue weighted by Gasteiger charge is -2.12. The van der Waals surface area contributed by atoms with Crippen LogP contribution in [0.25, 0.3) is 11.6 Å². The summed E-state index contributed by atoms with van der Waals surface area (Å²) in [6.45, 7) is 5.61. The van der Waals surface area contributed by atoms with E-state index in [1.54, 1.807) is 26.8 Å². The predicted molar refractivity (Wildman–Crippen MR) is 109 cm³/mol. The summed E-state index contributed by atoms with van der Waals surface area (Å²) < 4.78 is 19.1. The maximum atomic E-state index is 13.7. The fourth-order valence-electron chi connectivity index (χ4n) is 3.59. The number of halogens is 1. The number of aryl methyl sites for hydroxylation is 1. The van der Waals surface area contributed by atoms with Crippen LogP contribution in [-0.4, -0.2) is 47.1 Å². The molecule has 0 aliphatic carbocycles. The molecule has 1 fully saturated rings. The smallest absolute Gasteiger partial charge is 0.408 e. The predicted octanol–water partition coefficient (Wildman–Crippen LogP) is 2.51. The zero-order valence-electron chi connectivity index (χ0n) is 17.2. The van der Waals surface area contributed by atoms with E-state index in [9.17, 15) is 18.8 Å². The van der Waals surface area contributed by atoms with E-state index in [1.807, 2.05) is 0 Å². The first-order valence-electron chi connectivity index (χ1n) is 9.73. The number of benzene rings is 1. The number of hydroxylamine groups is 2. The van der Waals surface area contributed by atoms with Gasteiger partial charge in [-0.15, -0.1) is 0 Å². The van der Waals surface area contributed by atoms with Crippen LogP contribution in [0.1, 0.15) is 29.4 Å². The summed E-state index contributed by atoms with van der Waals surface area (Å²) >= 11 is 0. The Hall–Kier alpha value is -3.66. The summed E-state index contributed by atoms with van der Waals surface area (Å²) in [5.74, 6) is -0.868. The van der Waals surface area contributed by atoms with Crippen molar-refractivity contribution in [1.82, 2.24) is 15.4 Å². The molecule has 4 rings (SSSR count). The topological polar surface area (TPSA) is 113 Å². The van der Waals surface area contributed by atoms with Crippen molar-refractivity contribution in [2.45, 2.75) is 26.8 Å². The number of carbonyl (C=O) groups is 3. The summed E-state index contributed by atoms with van der Waals surface area (Å²) in [6, 6.07) is 3.25. The molecule has 3 N–H and O–H groups in total. The zero-order valence-corrected chi connectivity index (χ0v) is 17.2. The number of fused-ring (bicyclic) bond motifs is 1. The summed E-state index contributed by atoms with van der Waals surface area (Å²) in [6.07, 6.45) is 0.789. The van der Waals surface area contributed by atoms with Crippen molar-refractivity contribution in [3.63, 3.8) is 0 Å². The van der Waals surface area contributed by atoms with Gasteiger partial charge in [0.15, 0.2) is 5.75 Å². The molecule has 2 aromatic rings. The van der Waals surface area contributed by atoms with Gasteiger partial charge in [-0.25, -0.2) is 14.2 Å². The normalized spacial score (nSPS) is 19.0. The number of amides is 3. The summed E-state index contributed by atoms with van der Waals surface area (Å²) in [5.41, 5.74) is 2.96. The Kier molecular flexibility index (Phi) is 5.24. The van der Waals surface area contributed by atoms with Crippen LogP contribution in [0.2, 0.25) is 0 Å². The van der Waals surface area contributed by atoms with Crippen LogP contribution < -0.4 is 15.4 Å². The minimum absolute atomic E-state index is 0.0370. The molecule has 2 aliphatic rings. The van der Waals surface area contributed by atoms with Crippen LogP contribution in [0, 0.1) is 19.7 Å². The van der Waals surface area contributed by atoms with Crippen molar-refractivity contribution in [2.75, 3.05) is 18.5 Å². The summed E-state index contributed by atoms with van der Waals surface area (Å²) in [7, 11) is 0. The van der Waals surface area contributed by atoms with Gasteiger partial charge in [0.2, 0.25) is 0 Å². The molecule has 1 aromatic carbocycles. The van der Waals surface area contributed by atoms with Crippen molar-refractivity contribution in [1.29, 1.82) is 0 Å². The van der Waals surface area contributed by atoms with Gasteiger partial charge in [0.25, 0.3) is 11.8 Å². The zero-order chi connectivity index (χ0) is 22.3. The molecule has 9 nitrogen and oxygen atoms in total. The third-order valence-electron chi connectivity index (χ3n) is 5.18. The van der Waals surface area contributed by atoms with Gasteiger partial charge in [0, 0.05) is 29.1 Å². The van der Waals surface area contributed by atoms with E-state index in [1.165, 1.54) is 23.3 Å². The van der Waals surface area contributed by atoms with Gasteiger partial charge in [-0.2, -0.15) is 0 Å². The van der Waals surface area contributed by atoms with Gasteiger partial charge < -0.3 is 20.4 Å². The van der Waals surface area contributed by atoms with E-state index >= 15 is 0 Å². The second-order valence-corrected chi connectivity index (χ2v) is 7.24. The number of rotatable bonds is 4. The summed E-state index contributed by atoms with van der Waals surface area (Å²) in [4.78, 5) is 45.0. The average molecular weight is 428 g/mol. The molecule has 1 aromatic heterocycles. The van der Waals surface area contributed by atoms with Gasteiger partial charge in [0.05, 0.1) is 11.3 Å². The molecule has 31 heavy (non-hydrogen) atoms. The lowest BCUT2D eigenvalue weighted by molar-refractivity contribution is -0.160. The van der Waals surface area contributed by atoms with E-state index in [0.29, 0.717) is 40.3 Å². The molecule has 10 heteroatoms. The Bertz CT molecular complexity index is 1120. The number of aromatic amines is 1. The number of hydrogen-bond donors (Lipinski definition) is 3. The molecule has 0 saturated carbocycles.